The van der Waals surface area contributed by atoms with Crippen LogP contribution in [-0.4, -0.2) is 90.0 Å². The molecular formula is C26H29ClF3N5O4S. The summed E-state index contributed by atoms with van der Waals surface area (Å²) in [7, 11) is 1.50. The first kappa shape index (κ1) is 30.0. The minimum Gasteiger partial charge on any atom is -0.480 e. The van der Waals surface area contributed by atoms with Crippen LogP contribution in [0.3, 0.4) is 0 Å². The highest BCUT2D eigenvalue weighted by atomic mass is 35.5. The van der Waals surface area contributed by atoms with Crippen LogP contribution in [0.2, 0.25) is 5.02 Å². The first-order valence-corrected chi connectivity index (χ1v) is 13.8. The molecule has 2 aromatic rings. The number of hydrogen-bond donors (Lipinski definition) is 2. The van der Waals surface area contributed by atoms with Crippen molar-refractivity contribution in [3.05, 3.63) is 62.5 Å². The molecule has 1 saturated heterocycles. The topological polar surface area (TPSA) is 107 Å². The molecule has 2 atom stereocenters. The zero-order valence-corrected chi connectivity index (χ0v) is 23.4. The molecule has 2 aliphatic heterocycles. The van der Waals surface area contributed by atoms with E-state index in [1.165, 1.54) is 40.3 Å². The van der Waals surface area contributed by atoms with E-state index in [2.05, 4.69) is 15.3 Å². The summed E-state index contributed by atoms with van der Waals surface area (Å²) in [5.41, 5.74) is 0.744. The number of piperidine rings is 1. The Bertz CT molecular complexity index is 1310. The van der Waals surface area contributed by atoms with Crippen molar-refractivity contribution >= 4 is 40.7 Å². The number of esters is 1. The molecule has 1 fully saturated rings. The average molecular weight is 600 g/mol. The van der Waals surface area contributed by atoms with Crippen molar-refractivity contribution in [1.29, 1.82) is 0 Å². The van der Waals surface area contributed by atoms with Gasteiger partial charge < -0.3 is 15.2 Å². The van der Waals surface area contributed by atoms with Gasteiger partial charge in [-0.3, -0.25) is 19.6 Å². The molecule has 2 N–H and O–H groups in total. The molecule has 0 saturated carbocycles. The quantitative estimate of drug-likeness (QED) is 0.397. The highest BCUT2D eigenvalue weighted by Crippen LogP contribution is 2.38. The number of ether oxygens (including phenoxy) is 1. The molecule has 216 valence electrons. The number of rotatable bonds is 10. The average Bonchev–Trinajstić information content (AvgIpc) is 3.40. The van der Waals surface area contributed by atoms with Crippen LogP contribution >= 0.6 is 22.9 Å². The molecule has 0 spiro atoms. The number of nitrogens with zero attached hydrogens (tertiary/aromatic N) is 4. The molecule has 0 radical (unpaired) electrons. The lowest BCUT2D eigenvalue weighted by atomic mass is 9.91. The number of nitrogens with one attached hydrogen (secondary N) is 1. The molecular weight excluding hydrogens is 571 g/mol. The van der Waals surface area contributed by atoms with Gasteiger partial charge in [0.25, 0.3) is 5.92 Å². The van der Waals surface area contributed by atoms with E-state index in [-0.39, 0.29) is 49.8 Å². The fourth-order valence-corrected chi connectivity index (χ4v) is 5.74. The lowest BCUT2D eigenvalue weighted by Gasteiger charge is -2.40. The summed E-state index contributed by atoms with van der Waals surface area (Å²) in [5, 5.41) is 14.4. The molecule has 40 heavy (non-hydrogen) atoms. The maximum absolute atomic E-state index is 15.3. The maximum atomic E-state index is 15.3. The van der Waals surface area contributed by atoms with Gasteiger partial charge in [0.2, 0.25) is 0 Å². The van der Waals surface area contributed by atoms with Crippen molar-refractivity contribution in [2.75, 3.05) is 46.4 Å². The molecule has 3 heterocycles. The van der Waals surface area contributed by atoms with Gasteiger partial charge in [0, 0.05) is 46.9 Å². The number of aliphatic imine (C=N–C) groups is 1. The predicted molar refractivity (Wildman–Crippen MR) is 144 cm³/mol. The van der Waals surface area contributed by atoms with Crippen molar-refractivity contribution < 1.29 is 32.6 Å². The minimum absolute atomic E-state index is 0.0492. The number of alkyl halides is 2. The number of carboxylic acid groups (broad SMARTS) is 1. The Labute approximate surface area is 238 Å². The lowest BCUT2D eigenvalue weighted by Crippen LogP contribution is -2.53. The molecule has 14 heteroatoms. The predicted octanol–water partition coefficient (Wildman–Crippen LogP) is 3.82. The maximum Gasteiger partial charge on any atom is 0.338 e. The SMILES string of the molecule is CCOC(=O)C1=C(CN2CCC(CN(C)CC(=O)O)C(F)(F)C2)NC(c2nccs2)=N[C@H]1c1ccc(F)cc1Cl. The summed E-state index contributed by atoms with van der Waals surface area (Å²) in [6.45, 7) is 0.957. The molecule has 4 rings (SSSR count). The summed E-state index contributed by atoms with van der Waals surface area (Å²) >= 11 is 7.68. The summed E-state index contributed by atoms with van der Waals surface area (Å²) in [6.07, 6.45) is 1.71. The number of likely N-dealkylation sites (tertiary alicyclic amines) is 1. The summed E-state index contributed by atoms with van der Waals surface area (Å²) in [5.74, 6) is -6.15. The largest absolute Gasteiger partial charge is 0.480 e. The number of amidine groups is 1. The summed E-state index contributed by atoms with van der Waals surface area (Å²) in [4.78, 5) is 36.1. The van der Waals surface area contributed by atoms with Crippen LogP contribution in [0.5, 0.6) is 0 Å². The molecule has 1 aromatic carbocycles. The Kier molecular flexibility index (Phi) is 9.49. The zero-order chi connectivity index (χ0) is 29.0. The number of carboxylic acids is 1. The van der Waals surface area contributed by atoms with E-state index < -0.39 is 42.2 Å². The third kappa shape index (κ3) is 7.00. The lowest BCUT2D eigenvalue weighted by molar-refractivity contribution is -0.141. The van der Waals surface area contributed by atoms with E-state index in [1.807, 2.05) is 0 Å². The first-order valence-electron chi connectivity index (χ1n) is 12.6. The van der Waals surface area contributed by atoms with Gasteiger partial charge >= 0.3 is 11.9 Å². The van der Waals surface area contributed by atoms with E-state index in [9.17, 15) is 14.0 Å². The first-order chi connectivity index (χ1) is 19.0. The second kappa shape index (κ2) is 12.7. The van der Waals surface area contributed by atoms with Crippen LogP contribution in [0.25, 0.3) is 0 Å². The van der Waals surface area contributed by atoms with Gasteiger partial charge in [-0.2, -0.15) is 0 Å². The van der Waals surface area contributed by atoms with E-state index in [0.29, 0.717) is 22.1 Å². The second-order valence-electron chi connectivity index (χ2n) is 9.67. The number of hydrogen-bond acceptors (Lipinski definition) is 9. The Morgan fingerprint density at radius 1 is 1.38 bits per heavy atom. The van der Waals surface area contributed by atoms with Crippen molar-refractivity contribution in [1.82, 2.24) is 20.1 Å². The van der Waals surface area contributed by atoms with E-state index >= 15 is 8.78 Å². The summed E-state index contributed by atoms with van der Waals surface area (Å²) in [6, 6.07) is 2.76. The van der Waals surface area contributed by atoms with Gasteiger partial charge in [0.05, 0.1) is 25.3 Å². The number of aliphatic carboxylic acids is 1. The van der Waals surface area contributed by atoms with Gasteiger partial charge in [0.1, 0.15) is 11.9 Å². The molecule has 1 unspecified atom stereocenters. The van der Waals surface area contributed by atoms with Crippen LogP contribution < -0.4 is 5.32 Å². The highest BCUT2D eigenvalue weighted by Gasteiger charge is 2.45. The van der Waals surface area contributed by atoms with Crippen LogP contribution in [0.4, 0.5) is 13.2 Å². The third-order valence-electron chi connectivity index (χ3n) is 6.66. The van der Waals surface area contributed by atoms with Crippen LogP contribution in [0, 0.1) is 11.7 Å². The van der Waals surface area contributed by atoms with Crippen LogP contribution in [0.15, 0.2) is 46.0 Å². The van der Waals surface area contributed by atoms with Gasteiger partial charge in [-0.1, -0.05) is 17.7 Å². The Hall–Kier alpha value is -3.00. The van der Waals surface area contributed by atoms with Crippen LogP contribution in [-0.2, 0) is 14.3 Å². The molecule has 0 amide bonds. The number of aromatic nitrogens is 1. The fraction of sp³-hybridized carbons (Fsp3) is 0.462. The Balaban J connectivity index is 1.67. The van der Waals surface area contributed by atoms with Crippen molar-refractivity contribution in [3.63, 3.8) is 0 Å². The van der Waals surface area contributed by atoms with Gasteiger partial charge in [-0.15, -0.1) is 11.3 Å². The van der Waals surface area contributed by atoms with Gasteiger partial charge in [-0.05, 0) is 39.1 Å². The molecule has 0 aliphatic carbocycles. The Morgan fingerprint density at radius 2 is 2.15 bits per heavy atom. The number of benzene rings is 1. The fourth-order valence-electron chi connectivity index (χ4n) is 4.88. The standard InChI is InChI=1S/C26H29ClF3N5O4S/c1-3-39-25(38)21-19(12-35-8-6-15(26(29,30)14-35)11-34(2)13-20(36)37)32-23(24-31-7-9-40-24)33-22(21)17-5-4-16(28)10-18(17)27/h4-5,7,9-10,15,22H,3,6,8,11-14H2,1-2H3,(H,32,33)(H,36,37)/t15?,22-/m0/s1. The van der Waals surface area contributed by atoms with Gasteiger partial charge in [-0.25, -0.2) is 22.9 Å². The monoisotopic (exact) mass is 599 g/mol. The number of likely N-dealkylation sites (N-methyl/N-ethyl adjacent to an activating group) is 1. The molecule has 2 aliphatic rings. The van der Waals surface area contributed by atoms with Crippen LogP contribution in [0.1, 0.15) is 30.0 Å². The van der Waals surface area contributed by atoms with Crippen molar-refractivity contribution in [2.24, 2.45) is 10.9 Å². The molecule has 9 nitrogen and oxygen atoms in total. The number of halogens is 4. The Morgan fingerprint density at radius 3 is 2.77 bits per heavy atom. The third-order valence-corrected chi connectivity index (χ3v) is 7.76. The second-order valence-corrected chi connectivity index (χ2v) is 11.0. The van der Waals surface area contributed by atoms with Gasteiger partial charge in [0.15, 0.2) is 10.8 Å². The smallest absolute Gasteiger partial charge is 0.338 e. The van der Waals surface area contributed by atoms with Crippen molar-refractivity contribution in [2.45, 2.75) is 25.3 Å². The highest BCUT2D eigenvalue weighted by molar-refractivity contribution is 7.11. The van der Waals surface area contributed by atoms with Crippen molar-refractivity contribution in [3.8, 4) is 0 Å². The van der Waals surface area contributed by atoms with E-state index in [4.69, 9.17) is 21.4 Å². The number of carbonyl (C=O) groups excluding carboxylic acids is 1. The number of thiazole rings is 1. The minimum atomic E-state index is -3.10. The van der Waals surface area contributed by atoms with E-state index in [0.717, 1.165) is 6.07 Å². The zero-order valence-electron chi connectivity index (χ0n) is 21.9. The molecule has 0 bridgehead atoms. The molecule has 1 aromatic heterocycles. The summed E-state index contributed by atoms with van der Waals surface area (Å²) < 4.78 is 49.7. The van der Waals surface area contributed by atoms with E-state index in [1.54, 1.807) is 18.5 Å². The number of carbonyl (C=O) groups is 2. The normalized spacial score (nSPS) is 21.2.